The molecule has 2 bridgehead atoms. The zero-order valence-corrected chi connectivity index (χ0v) is 14.9. The summed E-state index contributed by atoms with van der Waals surface area (Å²) in [6.07, 6.45) is 4.38. The van der Waals surface area contributed by atoms with E-state index in [-0.39, 0.29) is 18.2 Å². The quantitative estimate of drug-likeness (QED) is 0.785. The Labute approximate surface area is 148 Å². The topological polar surface area (TPSA) is 55.3 Å². The maximum Gasteiger partial charge on any atom is 0.411 e. The summed E-state index contributed by atoms with van der Waals surface area (Å²) in [5, 5.41) is 0. The van der Waals surface area contributed by atoms with E-state index in [1.54, 1.807) is 0 Å². The lowest BCUT2D eigenvalue weighted by molar-refractivity contribution is 0.0122. The highest BCUT2D eigenvalue weighted by atomic mass is 16.6. The first kappa shape index (κ1) is 16.1. The largest absolute Gasteiger partial charge is 0.444 e. The third-order valence-electron chi connectivity index (χ3n) is 4.83. The van der Waals surface area contributed by atoms with Crippen molar-refractivity contribution in [2.24, 2.45) is 0 Å². The van der Waals surface area contributed by atoms with Gasteiger partial charge in [-0.1, -0.05) is 30.3 Å². The van der Waals surface area contributed by atoms with Gasteiger partial charge >= 0.3 is 6.09 Å². The smallest absolute Gasteiger partial charge is 0.411 e. The number of nitrogens with zero attached hydrogens (tertiary/aromatic N) is 3. The molecule has 4 rings (SSSR count). The zero-order chi connectivity index (χ0) is 17.6. The van der Waals surface area contributed by atoms with E-state index in [0.29, 0.717) is 0 Å². The van der Waals surface area contributed by atoms with Gasteiger partial charge in [-0.05, 0) is 33.6 Å². The predicted octanol–water partition coefficient (Wildman–Crippen LogP) is 4.14. The zero-order valence-electron chi connectivity index (χ0n) is 14.9. The van der Waals surface area contributed by atoms with Crippen LogP contribution >= 0.6 is 0 Å². The third-order valence-corrected chi connectivity index (χ3v) is 4.83. The van der Waals surface area contributed by atoms with Crippen molar-refractivity contribution in [3.05, 3.63) is 47.8 Å². The summed E-state index contributed by atoms with van der Waals surface area (Å²) >= 11 is 0. The summed E-state index contributed by atoms with van der Waals surface area (Å²) in [7, 11) is 0. The number of fused-ring (bicyclic) bond motifs is 4. The van der Waals surface area contributed by atoms with Gasteiger partial charge in [-0.15, -0.1) is 0 Å². The molecule has 25 heavy (non-hydrogen) atoms. The van der Waals surface area contributed by atoms with Gasteiger partial charge in [0.2, 0.25) is 0 Å². The normalized spacial score (nSPS) is 21.8. The molecule has 2 aliphatic heterocycles. The van der Waals surface area contributed by atoms with E-state index in [9.17, 15) is 4.79 Å². The minimum absolute atomic E-state index is 0.0356. The van der Waals surface area contributed by atoms with Crippen LogP contribution < -0.4 is 0 Å². The summed E-state index contributed by atoms with van der Waals surface area (Å²) in [4.78, 5) is 23.9. The van der Waals surface area contributed by atoms with E-state index in [1.165, 1.54) is 0 Å². The minimum Gasteiger partial charge on any atom is -0.444 e. The Bertz CT molecular complexity index is 798. The number of hydrogen-bond donors (Lipinski definition) is 0. The van der Waals surface area contributed by atoms with E-state index in [4.69, 9.17) is 9.72 Å². The molecule has 0 spiro atoms. The molecule has 1 aromatic heterocycles. The van der Waals surface area contributed by atoms with Gasteiger partial charge in [-0.2, -0.15) is 0 Å². The van der Waals surface area contributed by atoms with Crippen LogP contribution in [0.5, 0.6) is 0 Å². The molecule has 5 heteroatoms. The van der Waals surface area contributed by atoms with Crippen molar-refractivity contribution in [2.45, 2.75) is 57.7 Å². The molecule has 0 N–H and O–H groups in total. The number of amides is 1. The van der Waals surface area contributed by atoms with Gasteiger partial charge in [-0.3, -0.25) is 4.90 Å². The van der Waals surface area contributed by atoms with Crippen molar-refractivity contribution in [2.75, 3.05) is 0 Å². The van der Waals surface area contributed by atoms with Crippen LogP contribution in [0.3, 0.4) is 0 Å². The van der Waals surface area contributed by atoms with E-state index < -0.39 is 5.60 Å². The fraction of sp³-hybridized carbons (Fsp3) is 0.450. The lowest BCUT2D eigenvalue weighted by Crippen LogP contribution is -2.44. The van der Waals surface area contributed by atoms with Crippen molar-refractivity contribution in [3.8, 4) is 11.4 Å². The van der Waals surface area contributed by atoms with Crippen LogP contribution in [0, 0.1) is 0 Å². The lowest BCUT2D eigenvalue weighted by Gasteiger charge is -2.36. The average Bonchev–Trinajstić information content (AvgIpc) is 2.89. The predicted molar refractivity (Wildman–Crippen MR) is 95.0 cm³/mol. The van der Waals surface area contributed by atoms with Crippen molar-refractivity contribution < 1.29 is 9.53 Å². The van der Waals surface area contributed by atoms with Gasteiger partial charge in [0.25, 0.3) is 0 Å². The minimum atomic E-state index is -0.482. The summed E-state index contributed by atoms with van der Waals surface area (Å²) in [6.45, 7) is 5.71. The standard InChI is InChI=1S/C20H23N3O2/c1-20(2,3)25-19(24)23-14-9-10-17(23)15-12-21-18(22-16(15)11-14)13-7-5-4-6-8-13/h4-8,12,14,17H,9-11H2,1-3H3. The second kappa shape index (κ2) is 5.83. The van der Waals surface area contributed by atoms with Gasteiger partial charge in [0, 0.05) is 29.8 Å². The van der Waals surface area contributed by atoms with Crippen LogP contribution in [0.25, 0.3) is 11.4 Å². The molecule has 5 nitrogen and oxygen atoms in total. The Hall–Kier alpha value is -2.43. The van der Waals surface area contributed by atoms with Crippen molar-refractivity contribution in [3.63, 3.8) is 0 Å². The van der Waals surface area contributed by atoms with Crippen LogP contribution in [0.1, 0.15) is 50.9 Å². The molecular formula is C20H23N3O2. The molecule has 130 valence electrons. The number of benzene rings is 1. The number of aromatic nitrogens is 2. The average molecular weight is 337 g/mol. The summed E-state index contributed by atoms with van der Waals surface area (Å²) < 4.78 is 5.61. The molecule has 0 aliphatic carbocycles. The van der Waals surface area contributed by atoms with E-state index in [0.717, 1.165) is 41.9 Å². The van der Waals surface area contributed by atoms with Gasteiger partial charge in [0.15, 0.2) is 5.82 Å². The van der Waals surface area contributed by atoms with E-state index in [1.807, 2.05) is 62.2 Å². The number of carbonyl (C=O) groups excluding carboxylic acids is 1. The van der Waals surface area contributed by atoms with E-state index in [2.05, 4.69) is 4.98 Å². The monoisotopic (exact) mass is 337 g/mol. The van der Waals surface area contributed by atoms with Crippen molar-refractivity contribution in [1.82, 2.24) is 14.9 Å². The summed E-state index contributed by atoms with van der Waals surface area (Å²) in [6, 6.07) is 10.2. The molecule has 2 aliphatic rings. The van der Waals surface area contributed by atoms with E-state index >= 15 is 0 Å². The third kappa shape index (κ3) is 2.99. The van der Waals surface area contributed by atoms with Gasteiger partial charge in [-0.25, -0.2) is 14.8 Å². The number of carbonyl (C=O) groups is 1. The van der Waals surface area contributed by atoms with Crippen molar-refractivity contribution in [1.29, 1.82) is 0 Å². The molecule has 1 fully saturated rings. The molecule has 3 heterocycles. The number of rotatable bonds is 1. The first-order valence-corrected chi connectivity index (χ1v) is 8.85. The Kier molecular flexibility index (Phi) is 3.74. The van der Waals surface area contributed by atoms with Crippen LogP contribution in [-0.2, 0) is 11.2 Å². The van der Waals surface area contributed by atoms with Crippen LogP contribution in [-0.4, -0.2) is 32.6 Å². The molecule has 0 radical (unpaired) electrons. The van der Waals surface area contributed by atoms with Crippen LogP contribution in [0.2, 0.25) is 0 Å². The van der Waals surface area contributed by atoms with Gasteiger partial charge in [0.05, 0.1) is 11.7 Å². The maximum atomic E-state index is 12.6. The number of hydrogen-bond acceptors (Lipinski definition) is 4. The van der Waals surface area contributed by atoms with Crippen LogP contribution in [0.15, 0.2) is 36.5 Å². The molecule has 2 unspecified atom stereocenters. The maximum absolute atomic E-state index is 12.6. The van der Waals surface area contributed by atoms with Crippen LogP contribution in [0.4, 0.5) is 4.79 Å². The molecule has 0 saturated carbocycles. The first-order valence-electron chi connectivity index (χ1n) is 8.85. The molecule has 1 aromatic carbocycles. The van der Waals surface area contributed by atoms with Gasteiger partial charge < -0.3 is 4.74 Å². The fourth-order valence-electron chi connectivity index (χ4n) is 3.80. The van der Waals surface area contributed by atoms with Gasteiger partial charge in [0.1, 0.15) is 5.60 Å². The Morgan fingerprint density at radius 1 is 1.20 bits per heavy atom. The Balaban J connectivity index is 1.64. The summed E-state index contributed by atoms with van der Waals surface area (Å²) in [5.74, 6) is 0.754. The number of ether oxygens (including phenoxy) is 1. The fourth-order valence-corrected chi connectivity index (χ4v) is 3.80. The second-order valence-corrected chi connectivity index (χ2v) is 7.80. The molecule has 2 atom stereocenters. The lowest BCUT2D eigenvalue weighted by atomic mass is 9.99. The molecular weight excluding hydrogens is 314 g/mol. The SMILES string of the molecule is CC(C)(C)OC(=O)N1C2CCC1c1cnc(-c3ccccc3)nc1C2. The Morgan fingerprint density at radius 3 is 2.68 bits per heavy atom. The highest BCUT2D eigenvalue weighted by Gasteiger charge is 2.45. The highest BCUT2D eigenvalue weighted by molar-refractivity contribution is 5.70. The Morgan fingerprint density at radius 2 is 1.96 bits per heavy atom. The highest BCUT2D eigenvalue weighted by Crippen LogP contribution is 2.43. The molecule has 1 amide bonds. The molecule has 1 saturated heterocycles. The summed E-state index contributed by atoms with van der Waals surface area (Å²) in [5.41, 5.74) is 2.68. The molecule has 2 aromatic rings. The van der Waals surface area contributed by atoms with Crippen molar-refractivity contribution >= 4 is 6.09 Å². The first-order chi connectivity index (χ1) is 11.9. The second-order valence-electron chi connectivity index (χ2n) is 7.80.